The van der Waals surface area contributed by atoms with Gasteiger partial charge in [-0.1, -0.05) is 26.8 Å². The molecule has 0 fully saturated rings. The Hall–Kier alpha value is -0.710. The molecule has 0 spiro atoms. The Morgan fingerprint density at radius 1 is 1.35 bits per heavy atom. The molecule has 0 aliphatic rings. The van der Waals surface area contributed by atoms with Crippen LogP contribution in [0.4, 0.5) is 0 Å². The molecule has 1 aromatic rings. The van der Waals surface area contributed by atoms with Gasteiger partial charge in [0, 0.05) is 24.3 Å². The highest BCUT2D eigenvalue weighted by Crippen LogP contribution is 2.31. The number of carbonyl (C=O) groups excluding carboxylic acids is 1. The summed E-state index contributed by atoms with van der Waals surface area (Å²) >= 11 is 1.62. The number of Topliss-reactive ketones (excluding diaryl/α,β-unsaturated/α-hetero) is 1. The highest BCUT2D eigenvalue weighted by atomic mass is 35.5. The van der Waals surface area contributed by atoms with Crippen LogP contribution in [0.2, 0.25) is 0 Å². The molecular weight excluding hydrogens is 294 g/mol. The summed E-state index contributed by atoms with van der Waals surface area (Å²) in [6.45, 7) is 6.47. The Kier molecular flexibility index (Phi) is 7.63. The van der Waals surface area contributed by atoms with E-state index in [1.807, 2.05) is 12.3 Å². The minimum absolute atomic E-state index is 0. The Bertz CT molecular complexity index is 470. The van der Waals surface area contributed by atoms with E-state index in [1.165, 1.54) is 0 Å². The maximum atomic E-state index is 12.2. The van der Waals surface area contributed by atoms with Crippen molar-refractivity contribution in [2.24, 2.45) is 5.73 Å². The molecule has 0 saturated carbocycles. The lowest BCUT2D eigenvalue weighted by molar-refractivity contribution is 0.0986. The third kappa shape index (κ3) is 4.69. The van der Waals surface area contributed by atoms with Crippen molar-refractivity contribution in [1.29, 1.82) is 0 Å². The smallest absolute Gasteiger partial charge is 0.167 e. The number of halogens is 1. The predicted molar refractivity (Wildman–Crippen MR) is 89.3 cm³/mol. The second-order valence-electron chi connectivity index (χ2n) is 5.65. The molecule has 1 aromatic carbocycles. The molecule has 5 heteroatoms. The van der Waals surface area contributed by atoms with Crippen molar-refractivity contribution in [2.75, 3.05) is 12.0 Å². The minimum atomic E-state index is -0.0772. The largest absolute Gasteiger partial charge is 0.507 e. The van der Waals surface area contributed by atoms with Gasteiger partial charge in [0.25, 0.3) is 0 Å². The quantitative estimate of drug-likeness (QED) is 0.816. The van der Waals surface area contributed by atoms with Gasteiger partial charge >= 0.3 is 0 Å². The molecule has 0 heterocycles. The fourth-order valence-corrected chi connectivity index (χ4v) is 2.21. The van der Waals surface area contributed by atoms with E-state index in [-0.39, 0.29) is 35.9 Å². The van der Waals surface area contributed by atoms with E-state index < -0.39 is 0 Å². The van der Waals surface area contributed by atoms with Crippen LogP contribution in [0.25, 0.3) is 0 Å². The van der Waals surface area contributed by atoms with Crippen LogP contribution < -0.4 is 5.73 Å². The maximum absolute atomic E-state index is 12.2. The molecule has 3 N–H and O–H groups in total. The normalized spacial score (nSPS) is 11.1. The number of phenols is 1. The van der Waals surface area contributed by atoms with Gasteiger partial charge in [0.1, 0.15) is 5.75 Å². The van der Waals surface area contributed by atoms with Crippen molar-refractivity contribution in [1.82, 2.24) is 0 Å². The van der Waals surface area contributed by atoms with E-state index in [0.717, 1.165) is 11.3 Å². The zero-order chi connectivity index (χ0) is 14.6. The van der Waals surface area contributed by atoms with Gasteiger partial charge in [-0.05, 0) is 23.3 Å². The maximum Gasteiger partial charge on any atom is 0.167 e. The predicted octanol–water partition coefficient (Wildman–Crippen LogP) is 3.51. The second-order valence-corrected chi connectivity index (χ2v) is 6.64. The average Bonchev–Trinajstić information content (AvgIpc) is 2.34. The fourth-order valence-electron chi connectivity index (χ4n) is 1.83. The van der Waals surface area contributed by atoms with Gasteiger partial charge in [-0.2, -0.15) is 11.8 Å². The zero-order valence-corrected chi connectivity index (χ0v) is 14.2. The van der Waals surface area contributed by atoms with Crippen molar-refractivity contribution in [3.8, 4) is 5.75 Å². The first kappa shape index (κ1) is 19.3. The molecule has 0 amide bonds. The molecule has 0 unspecified atom stereocenters. The summed E-state index contributed by atoms with van der Waals surface area (Å²) in [6.07, 6.45) is 2.40. The first-order valence-corrected chi connectivity index (χ1v) is 7.79. The number of benzene rings is 1. The van der Waals surface area contributed by atoms with Crippen molar-refractivity contribution >= 4 is 30.0 Å². The third-order valence-electron chi connectivity index (χ3n) is 3.11. The van der Waals surface area contributed by atoms with E-state index >= 15 is 0 Å². The fraction of sp³-hybridized carbons (Fsp3) is 0.533. The van der Waals surface area contributed by atoms with Crippen LogP contribution in [0.5, 0.6) is 5.75 Å². The van der Waals surface area contributed by atoms with Gasteiger partial charge in [-0.15, -0.1) is 12.4 Å². The van der Waals surface area contributed by atoms with E-state index in [4.69, 9.17) is 5.73 Å². The van der Waals surface area contributed by atoms with Crippen LogP contribution in [0.15, 0.2) is 12.1 Å². The van der Waals surface area contributed by atoms with Gasteiger partial charge < -0.3 is 10.8 Å². The number of hydrogen-bond acceptors (Lipinski definition) is 4. The van der Waals surface area contributed by atoms with Crippen molar-refractivity contribution in [2.45, 2.75) is 39.2 Å². The summed E-state index contributed by atoms with van der Waals surface area (Å²) in [7, 11) is 0. The Labute approximate surface area is 131 Å². The van der Waals surface area contributed by atoms with E-state index in [9.17, 15) is 9.90 Å². The average molecular weight is 318 g/mol. The molecule has 0 bridgehead atoms. The number of phenolic OH excluding ortho intramolecular Hbond substituents is 1. The van der Waals surface area contributed by atoms with Crippen molar-refractivity contribution in [3.63, 3.8) is 0 Å². The number of rotatable bonds is 5. The standard InChI is InChI=1S/C15H23NO2S.ClH/c1-15(2,3)11-7-10(9-16)14(18)12(8-11)13(17)5-6-19-4;/h7-8,18H,5-6,9,16H2,1-4H3;1H. The molecule has 0 radical (unpaired) electrons. The zero-order valence-electron chi connectivity index (χ0n) is 12.5. The van der Waals surface area contributed by atoms with Gasteiger partial charge in [0.05, 0.1) is 5.56 Å². The van der Waals surface area contributed by atoms with Crippen molar-refractivity contribution in [3.05, 3.63) is 28.8 Å². The lowest BCUT2D eigenvalue weighted by atomic mass is 9.84. The van der Waals surface area contributed by atoms with Crippen LogP contribution in [-0.2, 0) is 12.0 Å². The molecule has 3 nitrogen and oxygen atoms in total. The number of thioether (sulfide) groups is 1. The van der Waals surface area contributed by atoms with Crippen molar-refractivity contribution < 1.29 is 9.90 Å². The summed E-state index contributed by atoms with van der Waals surface area (Å²) < 4.78 is 0. The Balaban J connectivity index is 0.00000361. The lowest BCUT2D eigenvalue weighted by Crippen LogP contribution is -2.15. The first-order valence-electron chi connectivity index (χ1n) is 6.39. The molecule has 0 saturated heterocycles. The Morgan fingerprint density at radius 2 is 1.95 bits per heavy atom. The lowest BCUT2D eigenvalue weighted by Gasteiger charge is -2.22. The SMILES string of the molecule is CSCCC(=O)c1cc(C(C)(C)C)cc(CN)c1O.Cl. The molecule has 0 aliphatic heterocycles. The number of nitrogens with two attached hydrogens (primary N) is 1. The van der Waals surface area contributed by atoms with Gasteiger partial charge in [0.15, 0.2) is 5.78 Å². The van der Waals surface area contributed by atoms with Gasteiger partial charge in [0.2, 0.25) is 0 Å². The highest BCUT2D eigenvalue weighted by molar-refractivity contribution is 7.98. The summed E-state index contributed by atoms with van der Waals surface area (Å²) in [5.41, 5.74) is 7.65. The number of ketones is 1. The molecule has 20 heavy (non-hydrogen) atoms. The van der Waals surface area contributed by atoms with E-state index in [0.29, 0.717) is 17.5 Å². The molecule has 1 rings (SSSR count). The molecular formula is C15H24ClNO2S. The van der Waals surface area contributed by atoms with Gasteiger partial charge in [-0.3, -0.25) is 4.79 Å². The molecule has 0 atom stereocenters. The monoisotopic (exact) mass is 317 g/mol. The molecule has 114 valence electrons. The van der Waals surface area contributed by atoms with Crippen LogP contribution in [0, 0.1) is 0 Å². The Morgan fingerprint density at radius 3 is 2.40 bits per heavy atom. The summed E-state index contributed by atoms with van der Waals surface area (Å²) in [5.74, 6) is 0.782. The summed E-state index contributed by atoms with van der Waals surface area (Å²) in [5, 5.41) is 10.1. The van der Waals surface area contributed by atoms with Crippen LogP contribution in [-0.4, -0.2) is 22.9 Å². The van der Waals surface area contributed by atoms with E-state index in [1.54, 1.807) is 17.8 Å². The number of aromatic hydroxyl groups is 1. The van der Waals surface area contributed by atoms with Crippen LogP contribution in [0.3, 0.4) is 0 Å². The first-order chi connectivity index (χ1) is 8.81. The minimum Gasteiger partial charge on any atom is -0.507 e. The summed E-state index contributed by atoms with van der Waals surface area (Å²) in [4.78, 5) is 12.2. The third-order valence-corrected chi connectivity index (χ3v) is 3.72. The van der Waals surface area contributed by atoms with Gasteiger partial charge in [-0.25, -0.2) is 0 Å². The topological polar surface area (TPSA) is 63.3 Å². The van der Waals surface area contributed by atoms with E-state index in [2.05, 4.69) is 20.8 Å². The molecule has 0 aromatic heterocycles. The highest BCUT2D eigenvalue weighted by Gasteiger charge is 2.21. The van der Waals surface area contributed by atoms with Crippen LogP contribution >= 0.6 is 24.2 Å². The molecule has 0 aliphatic carbocycles. The number of carbonyl (C=O) groups is 1. The summed E-state index contributed by atoms with van der Waals surface area (Å²) in [6, 6.07) is 3.69. The van der Waals surface area contributed by atoms with Crippen LogP contribution in [0.1, 0.15) is 48.7 Å². The second kappa shape index (κ2) is 7.91. The number of hydrogen-bond donors (Lipinski definition) is 2.